The van der Waals surface area contributed by atoms with Crippen LogP contribution in [0.5, 0.6) is 5.88 Å². The number of ether oxygens (including phenoxy) is 1. The molecule has 94 valence electrons. The van der Waals surface area contributed by atoms with Crippen LogP contribution in [0, 0.1) is 0 Å². The van der Waals surface area contributed by atoms with E-state index in [9.17, 15) is 0 Å². The van der Waals surface area contributed by atoms with Gasteiger partial charge >= 0.3 is 0 Å². The first kappa shape index (κ1) is 12.6. The Morgan fingerprint density at radius 3 is 2.88 bits per heavy atom. The molecular weight excluding hydrogens is 240 g/mol. The summed E-state index contributed by atoms with van der Waals surface area (Å²) >= 11 is 5.85. The van der Waals surface area contributed by atoms with Crippen molar-refractivity contribution in [1.29, 1.82) is 0 Å². The van der Waals surface area contributed by atoms with Crippen LogP contribution in [0.2, 0.25) is 5.02 Å². The normalized spacial score (nSPS) is 16.4. The molecule has 0 unspecified atom stereocenters. The minimum atomic E-state index is -0.0934. The van der Waals surface area contributed by atoms with Gasteiger partial charge in [-0.2, -0.15) is 0 Å². The average molecular weight is 257 g/mol. The SMILES string of the molecule is OCc1cc(OCCN2CCCC2)ncc1Cl. The number of aliphatic hydroxyl groups excluding tert-OH is 1. The minimum Gasteiger partial charge on any atom is -0.476 e. The van der Waals surface area contributed by atoms with Crippen LogP contribution in [0.25, 0.3) is 0 Å². The van der Waals surface area contributed by atoms with Crippen LogP contribution in [0.1, 0.15) is 18.4 Å². The summed E-state index contributed by atoms with van der Waals surface area (Å²) in [6.07, 6.45) is 4.08. The Bertz CT molecular complexity index is 368. The number of pyridine rings is 1. The van der Waals surface area contributed by atoms with Crippen molar-refractivity contribution in [1.82, 2.24) is 9.88 Å². The topological polar surface area (TPSA) is 45.6 Å². The predicted molar refractivity (Wildman–Crippen MR) is 66.3 cm³/mol. The Hall–Kier alpha value is -0.840. The first-order valence-electron chi connectivity index (χ1n) is 5.90. The minimum absolute atomic E-state index is 0.0934. The summed E-state index contributed by atoms with van der Waals surface area (Å²) in [4.78, 5) is 6.45. The fourth-order valence-corrected chi connectivity index (χ4v) is 2.11. The predicted octanol–water partition coefficient (Wildman–Crippen LogP) is 1.70. The van der Waals surface area contributed by atoms with E-state index in [1.165, 1.54) is 32.1 Å². The molecule has 0 bridgehead atoms. The number of hydrogen-bond donors (Lipinski definition) is 1. The van der Waals surface area contributed by atoms with Crippen molar-refractivity contribution >= 4 is 11.6 Å². The van der Waals surface area contributed by atoms with E-state index < -0.39 is 0 Å². The number of rotatable bonds is 5. The molecule has 0 aliphatic carbocycles. The monoisotopic (exact) mass is 256 g/mol. The van der Waals surface area contributed by atoms with Crippen molar-refractivity contribution in [2.45, 2.75) is 19.4 Å². The molecule has 1 saturated heterocycles. The van der Waals surface area contributed by atoms with Gasteiger partial charge in [0.1, 0.15) is 6.61 Å². The van der Waals surface area contributed by atoms with E-state index in [-0.39, 0.29) is 6.61 Å². The Kier molecular flexibility index (Phi) is 4.59. The molecule has 5 heteroatoms. The largest absolute Gasteiger partial charge is 0.476 e. The van der Waals surface area contributed by atoms with E-state index in [1.807, 2.05) is 0 Å². The van der Waals surface area contributed by atoms with Crippen LogP contribution in [0.15, 0.2) is 12.3 Å². The van der Waals surface area contributed by atoms with Crippen LogP contribution in [0.4, 0.5) is 0 Å². The van der Waals surface area contributed by atoms with Gasteiger partial charge in [0.25, 0.3) is 0 Å². The fraction of sp³-hybridized carbons (Fsp3) is 0.583. The molecule has 17 heavy (non-hydrogen) atoms. The van der Waals surface area contributed by atoms with Gasteiger partial charge in [-0.1, -0.05) is 11.6 Å². The van der Waals surface area contributed by atoms with Crippen molar-refractivity contribution in [2.24, 2.45) is 0 Å². The summed E-state index contributed by atoms with van der Waals surface area (Å²) in [5, 5.41) is 9.54. The van der Waals surface area contributed by atoms with Crippen LogP contribution in [-0.4, -0.2) is 41.2 Å². The van der Waals surface area contributed by atoms with Gasteiger partial charge in [0.05, 0.1) is 11.6 Å². The summed E-state index contributed by atoms with van der Waals surface area (Å²) < 4.78 is 5.54. The standard InChI is InChI=1S/C12H17ClN2O2/c13-11-8-14-12(7-10(11)9-16)17-6-5-15-3-1-2-4-15/h7-8,16H,1-6,9H2. The van der Waals surface area contributed by atoms with Crippen LogP contribution >= 0.6 is 11.6 Å². The summed E-state index contributed by atoms with van der Waals surface area (Å²) in [6.45, 7) is 3.79. The van der Waals surface area contributed by atoms with Crippen molar-refractivity contribution < 1.29 is 9.84 Å². The Morgan fingerprint density at radius 1 is 1.41 bits per heavy atom. The number of aliphatic hydroxyl groups is 1. The van der Waals surface area contributed by atoms with Gasteiger partial charge < -0.3 is 9.84 Å². The lowest BCUT2D eigenvalue weighted by Gasteiger charge is -2.14. The summed E-state index contributed by atoms with van der Waals surface area (Å²) in [5.74, 6) is 0.526. The number of aromatic nitrogens is 1. The second-order valence-corrected chi connectivity index (χ2v) is 4.58. The zero-order valence-electron chi connectivity index (χ0n) is 9.73. The molecule has 0 spiro atoms. The lowest BCUT2D eigenvalue weighted by molar-refractivity contribution is 0.230. The van der Waals surface area contributed by atoms with Crippen LogP contribution in [-0.2, 0) is 6.61 Å². The third-order valence-corrected chi connectivity index (χ3v) is 3.28. The Morgan fingerprint density at radius 2 is 2.18 bits per heavy atom. The molecule has 0 amide bonds. The molecule has 1 N–H and O–H groups in total. The van der Waals surface area contributed by atoms with E-state index in [2.05, 4.69) is 9.88 Å². The first-order valence-corrected chi connectivity index (χ1v) is 6.28. The molecule has 1 aromatic heterocycles. The lowest BCUT2D eigenvalue weighted by atomic mass is 10.3. The first-order chi connectivity index (χ1) is 8.29. The highest BCUT2D eigenvalue weighted by atomic mass is 35.5. The number of nitrogens with zero attached hydrogens (tertiary/aromatic N) is 2. The second kappa shape index (κ2) is 6.19. The highest BCUT2D eigenvalue weighted by molar-refractivity contribution is 6.31. The molecule has 1 aliphatic rings. The Labute approximate surface area is 106 Å². The van der Waals surface area contributed by atoms with E-state index in [4.69, 9.17) is 21.4 Å². The van der Waals surface area contributed by atoms with Gasteiger partial charge in [-0.05, 0) is 25.9 Å². The van der Waals surface area contributed by atoms with E-state index in [1.54, 1.807) is 6.07 Å². The smallest absolute Gasteiger partial charge is 0.213 e. The molecule has 0 saturated carbocycles. The zero-order chi connectivity index (χ0) is 12.1. The molecule has 0 radical (unpaired) electrons. The van der Waals surface area contributed by atoms with E-state index in [0.29, 0.717) is 23.1 Å². The van der Waals surface area contributed by atoms with Crippen molar-refractivity contribution in [3.63, 3.8) is 0 Å². The fourth-order valence-electron chi connectivity index (χ4n) is 1.94. The molecule has 1 aliphatic heterocycles. The van der Waals surface area contributed by atoms with Gasteiger partial charge in [0.15, 0.2) is 0 Å². The molecule has 1 aromatic rings. The maximum Gasteiger partial charge on any atom is 0.213 e. The number of hydrogen-bond acceptors (Lipinski definition) is 4. The molecule has 2 rings (SSSR count). The molecule has 1 fully saturated rings. The summed E-state index contributed by atoms with van der Waals surface area (Å²) in [5.41, 5.74) is 0.651. The maximum atomic E-state index is 9.06. The number of likely N-dealkylation sites (tertiary alicyclic amines) is 1. The third kappa shape index (κ3) is 3.56. The average Bonchev–Trinajstić information content (AvgIpc) is 2.84. The number of halogens is 1. The maximum absolute atomic E-state index is 9.06. The second-order valence-electron chi connectivity index (χ2n) is 4.17. The molecule has 4 nitrogen and oxygen atoms in total. The van der Waals surface area contributed by atoms with Gasteiger partial charge in [-0.3, -0.25) is 4.90 Å². The van der Waals surface area contributed by atoms with Crippen molar-refractivity contribution in [2.75, 3.05) is 26.2 Å². The molecule has 0 aromatic carbocycles. The quantitative estimate of drug-likeness (QED) is 0.871. The van der Waals surface area contributed by atoms with Gasteiger partial charge in [0, 0.05) is 24.4 Å². The summed E-state index contributed by atoms with van der Waals surface area (Å²) in [6, 6.07) is 1.69. The zero-order valence-corrected chi connectivity index (χ0v) is 10.5. The van der Waals surface area contributed by atoms with E-state index >= 15 is 0 Å². The Balaban J connectivity index is 1.81. The van der Waals surface area contributed by atoms with E-state index in [0.717, 1.165) is 6.54 Å². The summed E-state index contributed by atoms with van der Waals surface area (Å²) in [7, 11) is 0. The van der Waals surface area contributed by atoms with Crippen LogP contribution < -0.4 is 4.74 Å². The highest BCUT2D eigenvalue weighted by Crippen LogP contribution is 2.19. The van der Waals surface area contributed by atoms with Crippen LogP contribution in [0.3, 0.4) is 0 Å². The van der Waals surface area contributed by atoms with Gasteiger partial charge in [0.2, 0.25) is 5.88 Å². The van der Waals surface area contributed by atoms with Gasteiger partial charge in [-0.25, -0.2) is 4.98 Å². The van der Waals surface area contributed by atoms with Crippen molar-refractivity contribution in [3.05, 3.63) is 22.8 Å². The van der Waals surface area contributed by atoms with Crippen molar-refractivity contribution in [3.8, 4) is 5.88 Å². The highest BCUT2D eigenvalue weighted by Gasteiger charge is 2.11. The molecule has 0 atom stereocenters. The van der Waals surface area contributed by atoms with Gasteiger partial charge in [-0.15, -0.1) is 0 Å². The third-order valence-electron chi connectivity index (χ3n) is 2.94. The molecular formula is C12H17ClN2O2. The molecule has 2 heterocycles. The lowest BCUT2D eigenvalue weighted by Crippen LogP contribution is -2.25.